The van der Waals surface area contributed by atoms with Crippen LogP contribution in [0.4, 0.5) is 9.18 Å². The van der Waals surface area contributed by atoms with Crippen LogP contribution in [0, 0.1) is 17.1 Å². The van der Waals surface area contributed by atoms with Crippen LogP contribution in [0.5, 0.6) is 0 Å². The predicted molar refractivity (Wildman–Crippen MR) is 115 cm³/mol. The molecule has 2 aromatic carbocycles. The number of rotatable bonds is 5. The normalized spacial score (nSPS) is 21.2. The summed E-state index contributed by atoms with van der Waals surface area (Å²) in [6.07, 6.45) is -1.37. The van der Waals surface area contributed by atoms with Gasteiger partial charge in [-0.25, -0.2) is 17.6 Å². The number of carbonyl (C=O) groups excluding carboxylic acids is 2. The highest BCUT2D eigenvalue weighted by molar-refractivity contribution is 7.92. The van der Waals surface area contributed by atoms with Crippen molar-refractivity contribution in [3.8, 4) is 6.07 Å². The van der Waals surface area contributed by atoms with Gasteiger partial charge >= 0.3 is 6.09 Å². The Morgan fingerprint density at radius 1 is 1.18 bits per heavy atom. The number of nitriles is 1. The third kappa shape index (κ3) is 4.65. The maximum Gasteiger partial charge on any atom is 0.410 e. The molecular formula is C22H19ClFN3O5S. The van der Waals surface area contributed by atoms with Crippen molar-refractivity contribution in [1.29, 1.82) is 5.26 Å². The van der Waals surface area contributed by atoms with E-state index in [-0.39, 0.29) is 28.4 Å². The van der Waals surface area contributed by atoms with Gasteiger partial charge in [0, 0.05) is 18.5 Å². The second kappa shape index (κ2) is 8.65. The van der Waals surface area contributed by atoms with Crippen molar-refractivity contribution in [2.24, 2.45) is 0 Å². The number of hydrogen-bond acceptors (Lipinski definition) is 6. The van der Waals surface area contributed by atoms with E-state index in [0.29, 0.717) is 12.8 Å². The van der Waals surface area contributed by atoms with Crippen LogP contribution in [-0.4, -0.2) is 48.9 Å². The summed E-state index contributed by atoms with van der Waals surface area (Å²) in [5.41, 5.74) is -0.887. The summed E-state index contributed by atoms with van der Waals surface area (Å²) in [6, 6.07) is 12.7. The van der Waals surface area contributed by atoms with E-state index >= 15 is 0 Å². The van der Waals surface area contributed by atoms with Crippen LogP contribution in [0.2, 0.25) is 5.02 Å². The number of hydrogen-bond donors (Lipinski definition) is 1. The number of benzene rings is 2. The highest BCUT2D eigenvalue weighted by atomic mass is 35.5. The molecule has 0 bridgehead atoms. The van der Waals surface area contributed by atoms with Crippen molar-refractivity contribution in [2.45, 2.75) is 41.2 Å². The van der Waals surface area contributed by atoms with Gasteiger partial charge in [0.1, 0.15) is 11.4 Å². The second-order valence-electron chi connectivity index (χ2n) is 7.98. The van der Waals surface area contributed by atoms with Crippen molar-refractivity contribution in [3.05, 3.63) is 64.9 Å². The standard InChI is InChI=1S/C22H19ClFN3O5S/c23-17-3-1-2-4-18(17)33(30,31)16-11-19(32-21(29)26-22(13-25)9-10-22)27(12-16)20(28)14-5-7-15(24)8-6-14/h1-8,16,19H,9-12H2,(H,26,29)/t16-,19+/m1/s1. The maximum atomic E-state index is 13.3. The molecule has 1 N–H and O–H groups in total. The summed E-state index contributed by atoms with van der Waals surface area (Å²) in [5.74, 6) is -1.16. The van der Waals surface area contributed by atoms with Gasteiger partial charge in [-0.1, -0.05) is 23.7 Å². The minimum Gasteiger partial charge on any atom is -0.425 e. The van der Waals surface area contributed by atoms with Gasteiger partial charge in [0.05, 0.1) is 21.2 Å². The van der Waals surface area contributed by atoms with Crippen molar-refractivity contribution in [3.63, 3.8) is 0 Å². The van der Waals surface area contributed by atoms with Crippen LogP contribution in [-0.2, 0) is 14.6 Å². The summed E-state index contributed by atoms with van der Waals surface area (Å²) in [6.45, 7) is -0.259. The van der Waals surface area contributed by atoms with E-state index in [1.807, 2.05) is 6.07 Å². The summed E-state index contributed by atoms with van der Waals surface area (Å²) >= 11 is 6.09. The van der Waals surface area contributed by atoms with E-state index in [1.165, 1.54) is 30.3 Å². The van der Waals surface area contributed by atoms with Gasteiger partial charge in [-0.3, -0.25) is 4.79 Å². The van der Waals surface area contributed by atoms with E-state index in [4.69, 9.17) is 16.3 Å². The summed E-state index contributed by atoms with van der Waals surface area (Å²) < 4.78 is 45.2. The molecule has 2 amide bonds. The monoisotopic (exact) mass is 491 g/mol. The van der Waals surface area contributed by atoms with E-state index < -0.39 is 44.7 Å². The molecule has 172 valence electrons. The molecule has 1 saturated carbocycles. The average molecular weight is 492 g/mol. The summed E-state index contributed by atoms with van der Waals surface area (Å²) in [4.78, 5) is 26.5. The fraction of sp³-hybridized carbons (Fsp3) is 0.318. The van der Waals surface area contributed by atoms with Gasteiger partial charge in [-0.2, -0.15) is 5.26 Å². The molecule has 1 saturated heterocycles. The first-order chi connectivity index (χ1) is 15.6. The fourth-order valence-corrected chi connectivity index (χ4v) is 5.87. The molecule has 8 nitrogen and oxygen atoms in total. The molecule has 2 atom stereocenters. The van der Waals surface area contributed by atoms with E-state index in [2.05, 4.69) is 5.32 Å². The molecule has 4 rings (SSSR count). The van der Waals surface area contributed by atoms with E-state index in [9.17, 15) is 27.7 Å². The van der Waals surface area contributed by atoms with E-state index in [0.717, 1.165) is 17.0 Å². The van der Waals surface area contributed by atoms with Crippen molar-refractivity contribution in [2.75, 3.05) is 6.54 Å². The SMILES string of the molecule is N#CC1(NC(=O)O[C@H]2C[C@@H](S(=O)(=O)c3ccccc3Cl)CN2C(=O)c2ccc(F)cc2)CC1. The minimum absolute atomic E-state index is 0.0423. The molecule has 33 heavy (non-hydrogen) atoms. The Balaban J connectivity index is 1.61. The fourth-order valence-electron chi connectivity index (χ4n) is 3.67. The quantitative estimate of drug-likeness (QED) is 0.686. The number of halogens is 2. The van der Waals surface area contributed by atoms with Gasteiger partial charge in [0.2, 0.25) is 0 Å². The Bertz CT molecular complexity index is 1240. The Morgan fingerprint density at radius 3 is 2.45 bits per heavy atom. The number of likely N-dealkylation sites (tertiary alicyclic amines) is 1. The van der Waals surface area contributed by atoms with Gasteiger partial charge in [-0.15, -0.1) is 0 Å². The number of alkyl carbamates (subject to hydrolysis) is 1. The van der Waals surface area contributed by atoms with Crippen molar-refractivity contribution < 1.29 is 27.1 Å². The molecule has 2 fully saturated rings. The van der Waals surface area contributed by atoms with Crippen LogP contribution in [0.25, 0.3) is 0 Å². The van der Waals surface area contributed by atoms with Crippen LogP contribution in [0.15, 0.2) is 53.4 Å². The zero-order valence-corrected chi connectivity index (χ0v) is 18.8. The number of nitrogens with zero attached hydrogens (tertiary/aromatic N) is 2. The van der Waals surface area contributed by atoms with Crippen LogP contribution < -0.4 is 5.32 Å². The first kappa shape index (κ1) is 23.0. The van der Waals surface area contributed by atoms with Crippen molar-refractivity contribution >= 4 is 33.4 Å². The molecule has 11 heteroatoms. The van der Waals surface area contributed by atoms with Gasteiger partial charge in [0.25, 0.3) is 5.91 Å². The van der Waals surface area contributed by atoms with Crippen LogP contribution in [0.3, 0.4) is 0 Å². The molecule has 0 spiro atoms. The number of sulfone groups is 1. The van der Waals surface area contributed by atoms with Gasteiger partial charge in [0.15, 0.2) is 16.1 Å². The Morgan fingerprint density at radius 2 is 1.85 bits per heavy atom. The highest BCUT2D eigenvalue weighted by Gasteiger charge is 2.48. The highest BCUT2D eigenvalue weighted by Crippen LogP contribution is 2.36. The maximum absolute atomic E-state index is 13.3. The topological polar surface area (TPSA) is 117 Å². The lowest BCUT2D eigenvalue weighted by Gasteiger charge is -2.25. The molecule has 1 heterocycles. The van der Waals surface area contributed by atoms with Crippen LogP contribution >= 0.6 is 11.6 Å². The second-order valence-corrected chi connectivity index (χ2v) is 10.6. The lowest BCUT2D eigenvalue weighted by atomic mass is 10.2. The smallest absolute Gasteiger partial charge is 0.410 e. The molecule has 2 aromatic rings. The van der Waals surface area contributed by atoms with Crippen molar-refractivity contribution in [1.82, 2.24) is 10.2 Å². The minimum atomic E-state index is -3.97. The zero-order valence-electron chi connectivity index (χ0n) is 17.2. The molecule has 0 unspecified atom stereocenters. The van der Waals surface area contributed by atoms with Gasteiger partial charge in [-0.05, 0) is 49.2 Å². The first-order valence-corrected chi connectivity index (χ1v) is 12.0. The third-order valence-corrected chi connectivity index (χ3v) is 8.32. The number of ether oxygens (including phenoxy) is 1. The Kier molecular flexibility index (Phi) is 6.03. The zero-order chi connectivity index (χ0) is 23.8. The van der Waals surface area contributed by atoms with Crippen LogP contribution in [0.1, 0.15) is 29.6 Å². The molecule has 0 radical (unpaired) electrons. The number of nitrogens with one attached hydrogen (secondary N) is 1. The number of amides is 2. The third-order valence-electron chi connectivity index (χ3n) is 5.69. The largest absolute Gasteiger partial charge is 0.425 e. The first-order valence-electron chi connectivity index (χ1n) is 10.1. The molecule has 2 aliphatic rings. The molecular weight excluding hydrogens is 473 g/mol. The predicted octanol–water partition coefficient (Wildman–Crippen LogP) is 3.28. The van der Waals surface area contributed by atoms with Gasteiger partial charge < -0.3 is 15.0 Å². The Hall–Kier alpha value is -3.16. The average Bonchev–Trinajstić information content (AvgIpc) is 3.42. The lowest BCUT2D eigenvalue weighted by Crippen LogP contribution is -2.43. The summed E-state index contributed by atoms with van der Waals surface area (Å²) in [7, 11) is -3.97. The molecule has 1 aliphatic heterocycles. The molecule has 0 aromatic heterocycles. The lowest BCUT2D eigenvalue weighted by molar-refractivity contribution is 0.0135. The number of carbonyl (C=O) groups is 2. The molecule has 1 aliphatic carbocycles. The Labute approximate surface area is 194 Å². The summed E-state index contributed by atoms with van der Waals surface area (Å²) in [5, 5.41) is 10.6. The van der Waals surface area contributed by atoms with E-state index in [1.54, 1.807) is 6.07 Å².